The van der Waals surface area contributed by atoms with Gasteiger partial charge in [-0.2, -0.15) is 4.98 Å². The van der Waals surface area contributed by atoms with Crippen molar-refractivity contribution in [2.45, 2.75) is 39.0 Å². The molecule has 8 nitrogen and oxygen atoms in total. The first-order chi connectivity index (χ1) is 12.6. The second-order valence-electron chi connectivity index (χ2n) is 7.41. The minimum atomic E-state index is -0.190. The molecule has 27 heavy (non-hydrogen) atoms. The van der Waals surface area contributed by atoms with Crippen LogP contribution in [-0.4, -0.2) is 47.6 Å². The van der Waals surface area contributed by atoms with Crippen LogP contribution in [0, 0.1) is 0 Å². The zero-order chi connectivity index (χ0) is 20.0. The lowest BCUT2D eigenvalue weighted by atomic mass is 9.96. The summed E-state index contributed by atoms with van der Waals surface area (Å²) in [6.07, 6.45) is 0.615. The van der Waals surface area contributed by atoms with E-state index in [0.717, 1.165) is 0 Å². The number of nitrogens with one attached hydrogen (secondary N) is 1. The number of ether oxygens (including phenoxy) is 1. The van der Waals surface area contributed by atoms with Crippen LogP contribution in [-0.2, 0) is 21.4 Å². The van der Waals surface area contributed by atoms with Crippen LogP contribution >= 0.6 is 0 Å². The summed E-state index contributed by atoms with van der Waals surface area (Å²) in [6, 6.07) is 6.84. The predicted octanol–water partition coefficient (Wildman–Crippen LogP) is 2.41. The number of likely N-dealkylation sites (N-methyl/N-ethyl adjacent to an activating group) is 1. The minimum absolute atomic E-state index is 0.0283. The highest BCUT2D eigenvalue weighted by Gasteiger charge is 2.21. The van der Waals surface area contributed by atoms with Crippen LogP contribution in [0.5, 0.6) is 5.75 Å². The number of amides is 2. The van der Waals surface area contributed by atoms with E-state index >= 15 is 0 Å². The summed E-state index contributed by atoms with van der Waals surface area (Å²) in [5, 5.41) is 6.74. The van der Waals surface area contributed by atoms with E-state index in [1.165, 1.54) is 4.90 Å². The number of carbonyl (C=O) groups is 2. The Balaban J connectivity index is 1.80. The molecule has 1 aromatic heterocycles. The molecule has 0 aliphatic rings. The van der Waals surface area contributed by atoms with E-state index in [0.29, 0.717) is 29.6 Å². The van der Waals surface area contributed by atoms with Crippen molar-refractivity contribution in [2.24, 2.45) is 0 Å². The Kier molecular flexibility index (Phi) is 6.55. The van der Waals surface area contributed by atoms with Crippen LogP contribution in [0.4, 0.5) is 5.69 Å². The number of carbonyl (C=O) groups excluding carboxylic acids is 2. The fourth-order valence-corrected chi connectivity index (χ4v) is 2.01. The molecule has 0 spiro atoms. The van der Waals surface area contributed by atoms with Crippen molar-refractivity contribution >= 4 is 17.5 Å². The van der Waals surface area contributed by atoms with E-state index in [-0.39, 0.29) is 30.3 Å². The minimum Gasteiger partial charge on any atom is -0.484 e. The van der Waals surface area contributed by atoms with Gasteiger partial charge in [0.15, 0.2) is 12.4 Å². The molecule has 0 unspecified atom stereocenters. The lowest BCUT2D eigenvalue weighted by Gasteiger charge is -2.11. The number of aromatic nitrogens is 2. The fraction of sp³-hybridized carbons (Fsp3) is 0.474. The smallest absolute Gasteiger partial charge is 0.259 e. The zero-order valence-electron chi connectivity index (χ0n) is 16.4. The van der Waals surface area contributed by atoms with Crippen LogP contribution in [0.2, 0.25) is 0 Å². The molecule has 0 radical (unpaired) electrons. The van der Waals surface area contributed by atoms with Crippen molar-refractivity contribution in [3.8, 4) is 5.75 Å². The Morgan fingerprint density at radius 2 is 1.85 bits per heavy atom. The van der Waals surface area contributed by atoms with Gasteiger partial charge in [-0.25, -0.2) is 0 Å². The maximum Gasteiger partial charge on any atom is 0.259 e. The summed E-state index contributed by atoms with van der Waals surface area (Å²) >= 11 is 0. The highest BCUT2D eigenvalue weighted by atomic mass is 16.5. The Morgan fingerprint density at radius 1 is 1.19 bits per heavy atom. The molecule has 0 aliphatic heterocycles. The molecule has 2 amide bonds. The van der Waals surface area contributed by atoms with Gasteiger partial charge in [0.1, 0.15) is 5.75 Å². The maximum atomic E-state index is 12.1. The topological polar surface area (TPSA) is 97.6 Å². The van der Waals surface area contributed by atoms with Crippen molar-refractivity contribution < 1.29 is 18.8 Å². The van der Waals surface area contributed by atoms with Crippen LogP contribution in [0.3, 0.4) is 0 Å². The first kappa shape index (κ1) is 20.4. The predicted molar refractivity (Wildman–Crippen MR) is 101 cm³/mol. The molecule has 1 aromatic carbocycles. The largest absolute Gasteiger partial charge is 0.484 e. The fourth-order valence-electron chi connectivity index (χ4n) is 2.01. The number of hydrogen-bond donors (Lipinski definition) is 1. The van der Waals surface area contributed by atoms with Gasteiger partial charge >= 0.3 is 0 Å². The molecule has 0 saturated heterocycles. The molecule has 0 fully saturated rings. The van der Waals surface area contributed by atoms with Gasteiger partial charge < -0.3 is 19.5 Å². The first-order valence-electron chi connectivity index (χ1n) is 8.71. The molecular formula is C19H26N4O4. The normalized spacial score (nSPS) is 11.1. The summed E-state index contributed by atoms with van der Waals surface area (Å²) in [6.45, 7) is 5.97. The van der Waals surface area contributed by atoms with Crippen LogP contribution < -0.4 is 10.1 Å². The van der Waals surface area contributed by atoms with E-state index in [9.17, 15) is 9.59 Å². The molecule has 8 heteroatoms. The summed E-state index contributed by atoms with van der Waals surface area (Å²) in [7, 11) is 3.34. The van der Waals surface area contributed by atoms with E-state index in [2.05, 4.69) is 15.5 Å². The number of hydrogen-bond acceptors (Lipinski definition) is 6. The van der Waals surface area contributed by atoms with Crippen molar-refractivity contribution in [3.63, 3.8) is 0 Å². The zero-order valence-corrected chi connectivity index (χ0v) is 16.4. The summed E-state index contributed by atoms with van der Waals surface area (Å²) in [5.41, 5.74) is 0.456. The van der Waals surface area contributed by atoms with Crippen LogP contribution in [0.25, 0.3) is 0 Å². The van der Waals surface area contributed by atoms with Crippen molar-refractivity contribution in [2.75, 3.05) is 26.0 Å². The quantitative estimate of drug-likeness (QED) is 0.799. The molecule has 146 valence electrons. The second-order valence-corrected chi connectivity index (χ2v) is 7.41. The summed E-state index contributed by atoms with van der Waals surface area (Å²) < 4.78 is 10.6. The average Bonchev–Trinajstić information content (AvgIpc) is 3.08. The number of anilines is 1. The number of rotatable bonds is 7. The average molecular weight is 374 g/mol. The summed E-state index contributed by atoms with van der Waals surface area (Å²) in [5.74, 6) is 1.36. The van der Waals surface area contributed by atoms with E-state index in [4.69, 9.17) is 9.26 Å². The number of aryl methyl sites for hydroxylation is 1. The molecule has 1 heterocycles. The number of benzene rings is 1. The molecule has 2 rings (SSSR count). The highest BCUT2D eigenvalue weighted by Crippen LogP contribution is 2.19. The molecule has 0 saturated carbocycles. The van der Waals surface area contributed by atoms with Gasteiger partial charge in [-0.1, -0.05) is 25.9 Å². The van der Waals surface area contributed by atoms with Gasteiger partial charge in [-0.05, 0) is 24.3 Å². The molecule has 1 N–H and O–H groups in total. The van der Waals surface area contributed by atoms with E-state index in [1.807, 2.05) is 20.8 Å². The first-order valence-corrected chi connectivity index (χ1v) is 8.71. The molecular weight excluding hydrogens is 348 g/mol. The van der Waals surface area contributed by atoms with Crippen LogP contribution in [0.15, 0.2) is 28.8 Å². The third-order valence-electron chi connectivity index (χ3n) is 3.70. The Hall–Kier alpha value is -2.90. The molecule has 0 bridgehead atoms. The van der Waals surface area contributed by atoms with Crippen molar-refractivity contribution in [1.82, 2.24) is 15.0 Å². The van der Waals surface area contributed by atoms with Gasteiger partial charge in [-0.15, -0.1) is 0 Å². The van der Waals surface area contributed by atoms with E-state index < -0.39 is 0 Å². The monoisotopic (exact) mass is 374 g/mol. The maximum absolute atomic E-state index is 12.1. The highest BCUT2D eigenvalue weighted by molar-refractivity contribution is 5.90. The molecule has 2 aromatic rings. The van der Waals surface area contributed by atoms with Gasteiger partial charge in [-0.3, -0.25) is 9.59 Å². The molecule has 0 aliphatic carbocycles. The van der Waals surface area contributed by atoms with Crippen molar-refractivity contribution in [3.05, 3.63) is 36.0 Å². The Bertz CT molecular complexity index is 776. The third-order valence-corrected chi connectivity index (χ3v) is 3.70. The van der Waals surface area contributed by atoms with Gasteiger partial charge in [0.05, 0.1) is 0 Å². The van der Waals surface area contributed by atoms with Gasteiger partial charge in [0.2, 0.25) is 11.8 Å². The lowest BCUT2D eigenvalue weighted by molar-refractivity contribution is -0.130. The SMILES string of the molecule is CN(C)C(=O)COc1ccc(NC(=O)CCc2nc(C(C)(C)C)no2)cc1. The lowest BCUT2D eigenvalue weighted by Crippen LogP contribution is -2.27. The molecule has 0 atom stereocenters. The van der Waals surface area contributed by atoms with E-state index in [1.54, 1.807) is 38.4 Å². The van der Waals surface area contributed by atoms with Crippen molar-refractivity contribution in [1.29, 1.82) is 0 Å². The van der Waals surface area contributed by atoms with Gasteiger partial charge in [0.25, 0.3) is 5.91 Å². The standard InChI is InChI=1S/C19H26N4O4/c1-19(2,3)18-21-16(27-22-18)11-10-15(24)20-13-6-8-14(9-7-13)26-12-17(25)23(4)5/h6-9H,10-12H2,1-5H3,(H,20,24). The van der Waals surface area contributed by atoms with Gasteiger partial charge in [0, 0.05) is 38.0 Å². The Labute approximate surface area is 158 Å². The summed E-state index contributed by atoms with van der Waals surface area (Å²) in [4.78, 5) is 29.4. The number of nitrogens with zero attached hydrogens (tertiary/aromatic N) is 3. The van der Waals surface area contributed by atoms with Crippen LogP contribution in [0.1, 0.15) is 38.9 Å². The third kappa shape index (κ3) is 6.40. The second kappa shape index (κ2) is 8.66. The Morgan fingerprint density at radius 3 is 2.41 bits per heavy atom.